The first-order valence-corrected chi connectivity index (χ1v) is 9.85. The fourth-order valence-corrected chi connectivity index (χ4v) is 3.64. The van der Waals surface area contributed by atoms with E-state index in [2.05, 4.69) is 69.7 Å². The van der Waals surface area contributed by atoms with Gasteiger partial charge in [0.2, 0.25) is 0 Å². The molecule has 0 aliphatic carbocycles. The van der Waals surface area contributed by atoms with E-state index < -0.39 is 0 Å². The molecular formula is C22H27IN6. The van der Waals surface area contributed by atoms with Gasteiger partial charge in [-0.2, -0.15) is 5.10 Å². The topological polar surface area (TPSA) is 58.3 Å². The van der Waals surface area contributed by atoms with Gasteiger partial charge in [0.15, 0.2) is 5.96 Å². The number of hydrogen-bond donors (Lipinski definition) is 1. The molecule has 0 amide bonds. The Labute approximate surface area is 189 Å². The highest BCUT2D eigenvalue weighted by atomic mass is 127. The van der Waals surface area contributed by atoms with Gasteiger partial charge in [0.05, 0.1) is 12.2 Å². The summed E-state index contributed by atoms with van der Waals surface area (Å²) in [5.41, 5.74) is 3.60. The van der Waals surface area contributed by atoms with Crippen molar-refractivity contribution in [1.82, 2.24) is 25.0 Å². The summed E-state index contributed by atoms with van der Waals surface area (Å²) in [6.45, 7) is 5.70. The Bertz CT molecular complexity index is 893. The van der Waals surface area contributed by atoms with E-state index in [1.165, 1.54) is 17.5 Å². The van der Waals surface area contributed by atoms with E-state index in [1.807, 2.05) is 12.1 Å². The van der Waals surface area contributed by atoms with Gasteiger partial charge in [-0.05, 0) is 36.6 Å². The predicted octanol–water partition coefficient (Wildman–Crippen LogP) is 3.84. The highest BCUT2D eigenvalue weighted by molar-refractivity contribution is 14.0. The predicted molar refractivity (Wildman–Crippen MR) is 127 cm³/mol. The molecule has 7 heteroatoms. The Hall–Kier alpha value is -2.42. The minimum absolute atomic E-state index is 0. The molecule has 0 radical (unpaired) electrons. The van der Waals surface area contributed by atoms with E-state index in [0.29, 0.717) is 12.5 Å². The number of rotatable bonds is 5. The van der Waals surface area contributed by atoms with E-state index in [0.717, 1.165) is 31.3 Å². The molecular weight excluding hydrogens is 475 g/mol. The van der Waals surface area contributed by atoms with Crippen LogP contribution in [0.25, 0.3) is 5.69 Å². The SMILES string of the molecule is CCNC(=NCc1ccc(-n2cncn2)cc1)N1CCC(c2ccccc2)C1.I. The lowest BCUT2D eigenvalue weighted by atomic mass is 9.99. The molecule has 1 atom stereocenters. The summed E-state index contributed by atoms with van der Waals surface area (Å²) in [5.74, 6) is 1.58. The highest BCUT2D eigenvalue weighted by Gasteiger charge is 2.25. The summed E-state index contributed by atoms with van der Waals surface area (Å²) >= 11 is 0. The molecule has 0 spiro atoms. The van der Waals surface area contributed by atoms with Crippen molar-refractivity contribution in [3.63, 3.8) is 0 Å². The number of benzene rings is 2. The summed E-state index contributed by atoms with van der Waals surface area (Å²) in [4.78, 5) is 11.3. The normalized spacial score (nSPS) is 16.5. The molecule has 29 heavy (non-hydrogen) atoms. The van der Waals surface area contributed by atoms with Crippen molar-refractivity contribution in [2.45, 2.75) is 25.8 Å². The van der Waals surface area contributed by atoms with Gasteiger partial charge < -0.3 is 10.2 Å². The molecule has 3 aromatic rings. The van der Waals surface area contributed by atoms with Crippen LogP contribution in [0.5, 0.6) is 0 Å². The molecule has 1 unspecified atom stereocenters. The fourth-order valence-electron chi connectivity index (χ4n) is 3.64. The van der Waals surface area contributed by atoms with Gasteiger partial charge in [0.25, 0.3) is 0 Å². The van der Waals surface area contributed by atoms with Crippen molar-refractivity contribution in [1.29, 1.82) is 0 Å². The smallest absolute Gasteiger partial charge is 0.194 e. The van der Waals surface area contributed by atoms with Gasteiger partial charge >= 0.3 is 0 Å². The minimum Gasteiger partial charge on any atom is -0.357 e. The summed E-state index contributed by atoms with van der Waals surface area (Å²) in [7, 11) is 0. The number of aromatic nitrogens is 3. The fraction of sp³-hybridized carbons (Fsp3) is 0.318. The zero-order valence-corrected chi connectivity index (χ0v) is 18.9. The summed E-state index contributed by atoms with van der Waals surface area (Å²) in [6.07, 6.45) is 4.41. The molecule has 4 rings (SSSR count). The zero-order chi connectivity index (χ0) is 19.2. The molecule has 0 bridgehead atoms. The van der Waals surface area contributed by atoms with Crippen molar-refractivity contribution >= 4 is 29.9 Å². The van der Waals surface area contributed by atoms with E-state index in [9.17, 15) is 0 Å². The Morgan fingerprint density at radius 1 is 1.14 bits per heavy atom. The first kappa shape index (κ1) is 21.3. The molecule has 2 heterocycles. The summed E-state index contributed by atoms with van der Waals surface area (Å²) in [5, 5.41) is 7.61. The third-order valence-corrected chi connectivity index (χ3v) is 5.12. The highest BCUT2D eigenvalue weighted by Crippen LogP contribution is 2.27. The van der Waals surface area contributed by atoms with Gasteiger partial charge in [-0.15, -0.1) is 24.0 Å². The third-order valence-electron chi connectivity index (χ3n) is 5.12. The number of hydrogen-bond acceptors (Lipinski definition) is 3. The van der Waals surface area contributed by atoms with Crippen LogP contribution in [0.15, 0.2) is 72.2 Å². The van der Waals surface area contributed by atoms with Crippen LogP contribution in [-0.4, -0.2) is 45.3 Å². The lowest BCUT2D eigenvalue weighted by molar-refractivity contribution is 0.486. The molecule has 2 aromatic carbocycles. The van der Waals surface area contributed by atoms with Crippen molar-refractivity contribution in [3.8, 4) is 5.69 Å². The number of guanidine groups is 1. The Balaban J connectivity index is 0.00000240. The maximum absolute atomic E-state index is 4.88. The van der Waals surface area contributed by atoms with Gasteiger partial charge in [-0.3, -0.25) is 0 Å². The average molecular weight is 502 g/mol. The third kappa shape index (κ3) is 5.35. The molecule has 1 saturated heterocycles. The number of halogens is 1. The van der Waals surface area contributed by atoms with Crippen LogP contribution in [0.1, 0.15) is 30.4 Å². The van der Waals surface area contributed by atoms with Gasteiger partial charge in [-0.1, -0.05) is 42.5 Å². The molecule has 1 aliphatic heterocycles. The summed E-state index contributed by atoms with van der Waals surface area (Å²) in [6, 6.07) is 19.1. The molecule has 1 N–H and O–H groups in total. The molecule has 0 saturated carbocycles. The first-order chi connectivity index (χ1) is 13.8. The molecule has 1 aliphatic rings. The summed E-state index contributed by atoms with van der Waals surface area (Å²) < 4.78 is 1.76. The second-order valence-electron chi connectivity index (χ2n) is 7.02. The van der Waals surface area contributed by atoms with Gasteiger partial charge in [0, 0.05) is 25.6 Å². The van der Waals surface area contributed by atoms with Crippen molar-refractivity contribution < 1.29 is 0 Å². The number of nitrogens with zero attached hydrogens (tertiary/aromatic N) is 5. The quantitative estimate of drug-likeness (QED) is 0.327. The molecule has 6 nitrogen and oxygen atoms in total. The number of likely N-dealkylation sites (tertiary alicyclic amines) is 1. The Morgan fingerprint density at radius 3 is 2.62 bits per heavy atom. The van der Waals surface area contributed by atoms with Gasteiger partial charge in [-0.25, -0.2) is 14.7 Å². The molecule has 1 fully saturated rings. The second kappa shape index (κ2) is 10.4. The van der Waals surface area contributed by atoms with Crippen LogP contribution in [0.4, 0.5) is 0 Å². The van der Waals surface area contributed by atoms with Crippen LogP contribution in [-0.2, 0) is 6.54 Å². The largest absolute Gasteiger partial charge is 0.357 e. The average Bonchev–Trinajstić information content (AvgIpc) is 3.45. The van der Waals surface area contributed by atoms with Crippen LogP contribution < -0.4 is 5.32 Å². The van der Waals surface area contributed by atoms with Crippen LogP contribution in [0.2, 0.25) is 0 Å². The van der Waals surface area contributed by atoms with E-state index in [-0.39, 0.29) is 24.0 Å². The first-order valence-electron chi connectivity index (χ1n) is 9.85. The number of nitrogens with one attached hydrogen (secondary N) is 1. The van der Waals surface area contributed by atoms with E-state index in [1.54, 1.807) is 17.3 Å². The van der Waals surface area contributed by atoms with Gasteiger partial charge in [0.1, 0.15) is 12.7 Å². The van der Waals surface area contributed by atoms with E-state index in [4.69, 9.17) is 4.99 Å². The zero-order valence-electron chi connectivity index (χ0n) is 16.6. The minimum atomic E-state index is 0. The van der Waals surface area contributed by atoms with Crippen LogP contribution in [0, 0.1) is 0 Å². The van der Waals surface area contributed by atoms with Crippen molar-refractivity contribution in [3.05, 3.63) is 78.4 Å². The molecule has 1 aromatic heterocycles. The lowest BCUT2D eigenvalue weighted by Crippen LogP contribution is -2.40. The number of aliphatic imine (C=N–C) groups is 1. The molecule has 152 valence electrons. The Morgan fingerprint density at radius 2 is 1.93 bits per heavy atom. The lowest BCUT2D eigenvalue weighted by Gasteiger charge is -2.22. The second-order valence-corrected chi connectivity index (χ2v) is 7.02. The van der Waals surface area contributed by atoms with Crippen LogP contribution in [0.3, 0.4) is 0 Å². The van der Waals surface area contributed by atoms with Crippen LogP contribution >= 0.6 is 24.0 Å². The van der Waals surface area contributed by atoms with Crippen molar-refractivity contribution in [2.75, 3.05) is 19.6 Å². The maximum atomic E-state index is 4.88. The van der Waals surface area contributed by atoms with E-state index >= 15 is 0 Å². The standard InChI is InChI=1S/C22H26N6.HI/c1-2-24-22(27-13-12-20(15-27)19-6-4-3-5-7-19)25-14-18-8-10-21(11-9-18)28-17-23-16-26-28;/h3-11,16-17,20H,2,12-15H2,1H3,(H,24,25);1H. The monoisotopic (exact) mass is 502 g/mol. The van der Waals surface area contributed by atoms with Crippen molar-refractivity contribution in [2.24, 2.45) is 4.99 Å². The Kier molecular flexibility index (Phi) is 7.62. The maximum Gasteiger partial charge on any atom is 0.194 e.